The van der Waals surface area contributed by atoms with Crippen LogP contribution in [0.2, 0.25) is 0 Å². The molecule has 0 bridgehead atoms. The van der Waals surface area contributed by atoms with Gasteiger partial charge in [-0.15, -0.1) is 4.57 Å². The van der Waals surface area contributed by atoms with Gasteiger partial charge < -0.3 is 17.6 Å². The number of oxazole rings is 1. The fourth-order valence-electron chi connectivity index (χ4n) is 16.0. The molecule has 0 N–H and O–H groups in total. The maximum atomic E-state index is 7.99. The number of benzene rings is 1. The van der Waals surface area contributed by atoms with Crippen LogP contribution in [-0.4, -0.2) is 85.8 Å². The van der Waals surface area contributed by atoms with Crippen LogP contribution >= 0.6 is 11.3 Å². The second-order valence-corrected chi connectivity index (χ2v) is 27.0. The van der Waals surface area contributed by atoms with E-state index in [4.69, 9.17) is 8.53 Å². The van der Waals surface area contributed by atoms with E-state index in [1.165, 1.54) is 87.1 Å². The molecule has 1 aromatic carbocycles. The SMILES string of the molecule is Cn1c2[n+](c3c1cn1cccnc31)Cc1cnccc1-2.[2H]C([2H])([2H])n1c2[n+](c3c1cn1cccnc31)Cc1cnccc1-2.c1ccc(-n2c3[n+](c4c2cn2cccnc42)Cc2cnccc2-3)cc1.c1cnc2c3c(cn2c1)oc1[n+]3Cc2cnccc2-1.c1cnn2c(c1)cc1sc3[n+](c12)Cc1cnccc1-3. The van der Waals surface area contributed by atoms with Crippen LogP contribution in [-0.2, 0) is 46.7 Å². The molecule has 21 aromatic rings. The second-order valence-electron chi connectivity index (χ2n) is 26.0. The number of para-hydroxylation sites is 1. The first kappa shape index (κ1) is 54.1. The van der Waals surface area contributed by atoms with Crippen LogP contribution in [0.25, 0.3) is 145 Å². The lowest BCUT2D eigenvalue weighted by Crippen LogP contribution is -2.31. The van der Waals surface area contributed by atoms with Gasteiger partial charge in [-0.25, -0.2) is 47.3 Å². The van der Waals surface area contributed by atoms with Gasteiger partial charge in [-0.1, -0.05) is 39.1 Å². The van der Waals surface area contributed by atoms with Gasteiger partial charge in [-0.05, 0) is 78.9 Å². The summed E-state index contributed by atoms with van der Waals surface area (Å²) in [6.45, 7) is 1.71. The Morgan fingerprint density at radius 3 is 1.49 bits per heavy atom. The van der Waals surface area contributed by atoms with E-state index in [-0.39, 0.29) is 0 Å². The van der Waals surface area contributed by atoms with Gasteiger partial charge >= 0.3 is 11.5 Å². The summed E-state index contributed by atoms with van der Waals surface area (Å²) < 4.78 is 58.6. The molecule has 25 heteroatoms. The Morgan fingerprint density at radius 1 is 0.427 bits per heavy atom. The monoisotopic (exact) mass is 1370 g/mol. The Kier molecular flexibility index (Phi) is 11.5. The number of rotatable bonds is 1. The summed E-state index contributed by atoms with van der Waals surface area (Å²) in [6, 6.07) is 34.6. The molecule has 103 heavy (non-hydrogen) atoms. The average Bonchev–Trinajstić information content (AvgIpc) is 1.56. The normalized spacial score (nSPS) is 13.5. The Labute approximate surface area is 590 Å². The summed E-state index contributed by atoms with van der Waals surface area (Å²) in [5, 5.41) is 5.78. The Balaban J connectivity index is 0.0000000830. The molecule has 24 nitrogen and oxygen atoms in total. The highest BCUT2D eigenvalue weighted by Gasteiger charge is 2.41. The van der Waals surface area contributed by atoms with Gasteiger partial charge in [0.15, 0.2) is 45.0 Å². The Bertz CT molecular complexity index is 7090. The van der Waals surface area contributed by atoms with E-state index in [9.17, 15) is 0 Å². The number of aryl methyl sites for hydroxylation is 2. The quantitative estimate of drug-likeness (QED) is 0.142. The van der Waals surface area contributed by atoms with Crippen molar-refractivity contribution in [3.8, 4) is 61.9 Å². The van der Waals surface area contributed by atoms with Crippen molar-refractivity contribution in [2.75, 3.05) is 0 Å². The summed E-state index contributed by atoms with van der Waals surface area (Å²) in [6.07, 6.45) is 43.8. The zero-order chi connectivity index (χ0) is 70.2. The molecule has 0 aliphatic carbocycles. The van der Waals surface area contributed by atoms with Gasteiger partial charge in [-0.2, -0.15) is 4.57 Å². The molecule has 0 fully saturated rings. The molecule has 0 spiro atoms. The molecule has 0 saturated heterocycles. The van der Waals surface area contributed by atoms with Crippen LogP contribution in [0.15, 0.2) is 250 Å². The molecule has 26 rings (SSSR count). The van der Waals surface area contributed by atoms with E-state index in [1.54, 1.807) is 31.0 Å². The lowest BCUT2D eigenvalue weighted by molar-refractivity contribution is -0.648. The van der Waals surface area contributed by atoms with Crippen molar-refractivity contribution in [2.45, 2.75) is 32.7 Å². The van der Waals surface area contributed by atoms with E-state index in [1.807, 2.05) is 177 Å². The van der Waals surface area contributed by atoms with Crippen LogP contribution in [0.4, 0.5) is 0 Å². The Hall–Kier alpha value is -13.8. The van der Waals surface area contributed by atoms with E-state index >= 15 is 0 Å². The minimum Gasteiger partial charge on any atom is -0.396 e. The fraction of sp³-hybridized carbons (Fsp3) is 0.0897. The van der Waals surface area contributed by atoms with Gasteiger partial charge in [0.05, 0.1) is 76.9 Å². The highest BCUT2D eigenvalue weighted by atomic mass is 32.1. The third-order valence-corrected chi connectivity index (χ3v) is 21.5. The molecular weight excluding hydrogens is 1310 g/mol. The third kappa shape index (κ3) is 8.35. The maximum absolute atomic E-state index is 7.99. The molecule has 0 radical (unpaired) electrons. The van der Waals surface area contributed by atoms with Gasteiger partial charge in [0.25, 0.3) is 23.0 Å². The molecule has 20 aromatic heterocycles. The Morgan fingerprint density at radius 2 is 0.893 bits per heavy atom. The van der Waals surface area contributed by atoms with Gasteiger partial charge in [0.2, 0.25) is 33.3 Å². The number of aromatic nitrogens is 23. The number of hydrogen-bond acceptors (Lipinski definition) is 12. The first-order chi connectivity index (χ1) is 52.1. The van der Waals surface area contributed by atoms with Crippen molar-refractivity contribution in [3.63, 3.8) is 0 Å². The van der Waals surface area contributed by atoms with Crippen LogP contribution in [0, 0.1) is 0 Å². The summed E-state index contributed by atoms with van der Waals surface area (Å²) in [5.41, 5.74) is 27.2. The molecular formula is C78H56N23OS+5. The molecule has 0 atom stereocenters. The minimum atomic E-state index is -2.27. The third-order valence-electron chi connectivity index (χ3n) is 20.4. The first-order valence-corrected chi connectivity index (χ1v) is 34.4. The molecule has 5 aliphatic rings. The van der Waals surface area contributed by atoms with Crippen molar-refractivity contribution in [1.82, 2.24) is 85.8 Å². The lowest BCUT2D eigenvalue weighted by atomic mass is 10.1. The van der Waals surface area contributed by atoms with E-state index in [0.717, 1.165) is 105 Å². The lowest BCUT2D eigenvalue weighted by Gasteiger charge is -2.01. The summed E-state index contributed by atoms with van der Waals surface area (Å²) >= 11 is 1.83. The molecule has 0 saturated carbocycles. The van der Waals surface area contributed by atoms with Crippen LogP contribution in [0.5, 0.6) is 0 Å². The molecule has 0 unspecified atom stereocenters. The van der Waals surface area contributed by atoms with Gasteiger partial charge in [0.1, 0.15) is 36.6 Å². The zero-order valence-corrected chi connectivity index (χ0v) is 55.5. The highest BCUT2D eigenvalue weighted by molar-refractivity contribution is 7.21. The van der Waals surface area contributed by atoms with E-state index in [2.05, 4.69) is 160 Å². The maximum Gasteiger partial charge on any atom is 0.382 e. The standard InChI is InChI=1S/C20H14N5.2C15H12N5.C14H9N4O.C14H9N4S/c1-2-5-15(6-3-1)25-17-13-23-10-4-8-22-19(23)18(17)24-12-14-11-21-9-7-16(14)20(24)25;2*1-18-12-9-19-6-2-4-17-14(19)13(12)20-8-10-7-16-5-3-11(10)15(18)20;1-3-16-13-12-11(8-17(13)5-1)19-14-10-2-4-15-6-9(10)7-18(12)14;1-2-10-6-12-13(18(10)16-4-1)17-8-9-7-15-5-3-11(9)14(17)19-12/h1-11,13H,12H2;2*2-7,9H,8H2,1H3;1-6,8H,7H2;1-7H,8H2/q5*+1/i;1D3;;;. The number of pyridine rings is 5. The highest BCUT2D eigenvalue weighted by Crippen LogP contribution is 2.39. The topological polar surface area (TPSA) is 198 Å². The molecule has 0 amide bonds. The number of thiazole rings is 1. The number of hydrogen-bond donors (Lipinski definition) is 0. The van der Waals surface area contributed by atoms with Crippen LogP contribution in [0.1, 0.15) is 31.9 Å². The van der Waals surface area contributed by atoms with E-state index in [0.29, 0.717) is 17.9 Å². The predicted octanol–water partition coefficient (Wildman–Crippen LogP) is 10.1. The number of nitrogens with zero attached hydrogens (tertiary/aromatic N) is 23. The summed E-state index contributed by atoms with van der Waals surface area (Å²) in [7, 11) is 2.11. The van der Waals surface area contributed by atoms with Crippen molar-refractivity contribution < 1.29 is 31.4 Å². The minimum absolute atomic E-state index is 0.605. The van der Waals surface area contributed by atoms with Crippen LogP contribution < -0.4 is 22.8 Å². The average molecular weight is 1370 g/mol. The smallest absolute Gasteiger partial charge is 0.382 e. The van der Waals surface area contributed by atoms with Crippen LogP contribution in [0.3, 0.4) is 0 Å². The van der Waals surface area contributed by atoms with Crippen molar-refractivity contribution in [1.29, 1.82) is 0 Å². The van der Waals surface area contributed by atoms with Gasteiger partial charge in [0, 0.05) is 145 Å². The summed E-state index contributed by atoms with van der Waals surface area (Å²) in [5.74, 6) is 4.03. The second kappa shape index (κ2) is 21.8. The molecule has 25 heterocycles. The molecule has 490 valence electrons. The van der Waals surface area contributed by atoms with Crippen molar-refractivity contribution in [2.24, 2.45) is 14.0 Å². The predicted molar refractivity (Wildman–Crippen MR) is 384 cm³/mol. The zero-order valence-electron chi connectivity index (χ0n) is 57.7. The largest absolute Gasteiger partial charge is 0.396 e. The van der Waals surface area contributed by atoms with Crippen molar-refractivity contribution >= 4 is 94.0 Å². The first-order valence-electron chi connectivity index (χ1n) is 35.1. The summed E-state index contributed by atoms with van der Waals surface area (Å²) in [4.78, 5) is 39.1. The molecule has 5 aliphatic heterocycles. The number of fused-ring (bicyclic) bond motifs is 35. The van der Waals surface area contributed by atoms with E-state index < -0.39 is 6.98 Å². The number of imidazole rings is 3. The van der Waals surface area contributed by atoms with Gasteiger partial charge in [-0.3, -0.25) is 29.3 Å². The fourth-order valence-corrected chi connectivity index (χ4v) is 17.3. The van der Waals surface area contributed by atoms with Crippen molar-refractivity contribution in [3.05, 3.63) is 273 Å².